The highest BCUT2D eigenvalue weighted by Crippen LogP contribution is 2.17. The number of furan rings is 1. The molecule has 0 aliphatic rings. The van der Waals surface area contributed by atoms with E-state index in [1.54, 1.807) is 6.92 Å². The Kier molecular flexibility index (Phi) is 7.14. The van der Waals surface area contributed by atoms with Crippen molar-refractivity contribution in [3.63, 3.8) is 0 Å². The van der Waals surface area contributed by atoms with Gasteiger partial charge in [-0.15, -0.1) is 0 Å². The molecule has 8 nitrogen and oxygen atoms in total. The zero-order valence-electron chi connectivity index (χ0n) is 14.8. The second kappa shape index (κ2) is 9.33. The summed E-state index contributed by atoms with van der Waals surface area (Å²) in [5.74, 6) is -2.00. The number of carbonyl (C=O) groups excluding carboxylic acids is 1. The highest BCUT2D eigenvalue weighted by molar-refractivity contribution is 7.89. The van der Waals surface area contributed by atoms with Crippen molar-refractivity contribution in [1.29, 1.82) is 0 Å². The zero-order valence-corrected chi connectivity index (χ0v) is 15.6. The quantitative estimate of drug-likeness (QED) is 0.591. The number of hydrogen-bond donors (Lipinski definition) is 2. The van der Waals surface area contributed by atoms with E-state index in [1.807, 2.05) is 30.3 Å². The van der Waals surface area contributed by atoms with Crippen LogP contribution in [-0.4, -0.2) is 38.1 Å². The Bertz CT molecular complexity index is 874. The molecule has 0 saturated heterocycles. The van der Waals surface area contributed by atoms with E-state index in [9.17, 15) is 18.0 Å². The summed E-state index contributed by atoms with van der Waals surface area (Å²) in [7, 11) is -4.07. The maximum absolute atomic E-state index is 12.6. The molecule has 0 aliphatic heterocycles. The van der Waals surface area contributed by atoms with Crippen LogP contribution in [0.1, 0.15) is 35.9 Å². The maximum atomic E-state index is 12.6. The highest BCUT2D eigenvalue weighted by atomic mass is 32.2. The molecule has 9 heteroatoms. The Morgan fingerprint density at radius 1 is 1.19 bits per heavy atom. The fourth-order valence-corrected chi connectivity index (χ4v) is 3.66. The van der Waals surface area contributed by atoms with Crippen LogP contribution in [-0.2, 0) is 26.0 Å². The molecule has 0 fully saturated rings. The number of ether oxygens (including phenoxy) is 1. The van der Waals surface area contributed by atoms with Crippen LogP contribution >= 0.6 is 0 Å². The van der Waals surface area contributed by atoms with Crippen LogP contribution in [0.25, 0.3) is 0 Å². The predicted octanol–water partition coefficient (Wildman–Crippen LogP) is 2.21. The molecule has 1 atom stereocenters. The molecule has 2 N–H and O–H groups in total. The lowest BCUT2D eigenvalue weighted by Crippen LogP contribution is -2.36. The lowest BCUT2D eigenvalue weighted by molar-refractivity contribution is -0.137. The molecule has 0 bridgehead atoms. The molecular formula is C18H21NO7S. The number of esters is 1. The SMILES string of the molecule is CCOC(=O)c1ccc(S(=O)(=O)NC(CCC(=O)O)Cc2ccccc2)o1. The molecule has 0 amide bonds. The van der Waals surface area contributed by atoms with E-state index < -0.39 is 33.1 Å². The fraction of sp³-hybridized carbons (Fsp3) is 0.333. The van der Waals surface area contributed by atoms with Crippen molar-refractivity contribution in [2.24, 2.45) is 0 Å². The van der Waals surface area contributed by atoms with Crippen LogP contribution in [0.4, 0.5) is 0 Å². The first-order chi connectivity index (χ1) is 12.8. The average molecular weight is 395 g/mol. The topological polar surface area (TPSA) is 123 Å². The van der Waals surface area contributed by atoms with Gasteiger partial charge in [0, 0.05) is 12.5 Å². The Morgan fingerprint density at radius 3 is 2.52 bits per heavy atom. The van der Waals surface area contributed by atoms with Crippen molar-refractivity contribution >= 4 is 22.0 Å². The van der Waals surface area contributed by atoms with Gasteiger partial charge in [0.05, 0.1) is 6.61 Å². The third-order valence-corrected chi connectivity index (χ3v) is 5.07. The van der Waals surface area contributed by atoms with Crippen LogP contribution in [0, 0.1) is 0 Å². The molecule has 0 saturated carbocycles. The maximum Gasteiger partial charge on any atom is 0.374 e. The number of sulfonamides is 1. The van der Waals surface area contributed by atoms with Gasteiger partial charge in [-0.05, 0) is 37.5 Å². The van der Waals surface area contributed by atoms with E-state index in [0.29, 0.717) is 6.42 Å². The zero-order chi connectivity index (χ0) is 19.9. The van der Waals surface area contributed by atoms with Crippen molar-refractivity contribution in [3.05, 3.63) is 53.8 Å². The summed E-state index contributed by atoms with van der Waals surface area (Å²) in [5, 5.41) is 8.48. The van der Waals surface area contributed by atoms with E-state index in [4.69, 9.17) is 14.3 Å². The standard InChI is InChI=1S/C18H21NO7S/c1-2-25-18(22)15-9-11-17(26-15)27(23,24)19-14(8-10-16(20)21)12-13-6-4-3-5-7-13/h3-7,9,11,14,19H,2,8,10,12H2,1H3,(H,20,21). The molecule has 1 aromatic carbocycles. The minimum atomic E-state index is -4.07. The summed E-state index contributed by atoms with van der Waals surface area (Å²) < 4.78 is 37.5. The van der Waals surface area contributed by atoms with E-state index in [0.717, 1.165) is 11.6 Å². The first kappa shape index (κ1) is 20.7. The van der Waals surface area contributed by atoms with Crippen molar-refractivity contribution in [1.82, 2.24) is 4.72 Å². The smallest absolute Gasteiger partial charge is 0.374 e. The summed E-state index contributed by atoms with van der Waals surface area (Å²) in [4.78, 5) is 22.5. The molecule has 2 rings (SSSR count). The van der Waals surface area contributed by atoms with Crippen LogP contribution < -0.4 is 4.72 Å². The monoisotopic (exact) mass is 395 g/mol. The van der Waals surface area contributed by atoms with Gasteiger partial charge in [-0.2, -0.15) is 0 Å². The van der Waals surface area contributed by atoms with Crippen LogP contribution in [0.15, 0.2) is 52.0 Å². The Labute approximate surface area is 157 Å². The molecule has 0 aliphatic carbocycles. The van der Waals surface area contributed by atoms with E-state index >= 15 is 0 Å². The van der Waals surface area contributed by atoms with E-state index in [2.05, 4.69) is 4.72 Å². The van der Waals surface area contributed by atoms with Gasteiger partial charge >= 0.3 is 11.9 Å². The summed E-state index contributed by atoms with van der Waals surface area (Å²) in [5.41, 5.74) is 0.863. The first-order valence-corrected chi connectivity index (χ1v) is 9.85. The number of hydrogen-bond acceptors (Lipinski definition) is 6. The highest BCUT2D eigenvalue weighted by Gasteiger charge is 2.25. The lowest BCUT2D eigenvalue weighted by Gasteiger charge is -2.17. The first-order valence-electron chi connectivity index (χ1n) is 8.37. The normalized spacial score (nSPS) is 12.5. The third kappa shape index (κ3) is 6.22. The van der Waals surface area contributed by atoms with Crippen LogP contribution in [0.5, 0.6) is 0 Å². The average Bonchev–Trinajstić information content (AvgIpc) is 3.12. The summed E-state index contributed by atoms with van der Waals surface area (Å²) in [6, 6.07) is 10.8. The number of carboxylic acids is 1. The Balaban J connectivity index is 2.16. The van der Waals surface area contributed by atoms with Gasteiger partial charge in [-0.1, -0.05) is 30.3 Å². The lowest BCUT2D eigenvalue weighted by atomic mass is 10.0. The van der Waals surface area contributed by atoms with Gasteiger partial charge in [-0.3, -0.25) is 4.79 Å². The third-order valence-electron chi connectivity index (χ3n) is 3.68. The molecule has 0 spiro atoms. The van der Waals surface area contributed by atoms with Crippen molar-refractivity contribution in [2.75, 3.05) is 6.61 Å². The van der Waals surface area contributed by atoms with E-state index in [-0.39, 0.29) is 25.2 Å². The molecule has 1 heterocycles. The largest absolute Gasteiger partial charge is 0.481 e. The Hall–Kier alpha value is -2.65. The second-order valence-electron chi connectivity index (χ2n) is 5.78. The van der Waals surface area contributed by atoms with Gasteiger partial charge in [0.25, 0.3) is 10.0 Å². The number of aliphatic carboxylic acids is 1. The minimum Gasteiger partial charge on any atom is -0.481 e. The van der Waals surface area contributed by atoms with Crippen LogP contribution in [0.2, 0.25) is 0 Å². The number of carbonyl (C=O) groups is 2. The van der Waals surface area contributed by atoms with Crippen molar-refractivity contribution in [2.45, 2.75) is 37.3 Å². The minimum absolute atomic E-state index is 0.106. The van der Waals surface area contributed by atoms with Gasteiger partial charge in [0.15, 0.2) is 0 Å². The van der Waals surface area contributed by atoms with Gasteiger partial charge in [-0.25, -0.2) is 17.9 Å². The number of rotatable bonds is 10. The fourth-order valence-electron chi connectivity index (χ4n) is 2.45. The van der Waals surface area contributed by atoms with E-state index in [1.165, 1.54) is 6.07 Å². The predicted molar refractivity (Wildman–Crippen MR) is 95.8 cm³/mol. The number of nitrogens with one attached hydrogen (secondary N) is 1. The van der Waals surface area contributed by atoms with Crippen LogP contribution in [0.3, 0.4) is 0 Å². The number of carboxylic acid groups (broad SMARTS) is 1. The second-order valence-corrected chi connectivity index (χ2v) is 7.42. The molecule has 146 valence electrons. The summed E-state index contributed by atoms with van der Waals surface area (Å²) in [6.07, 6.45) is 0.236. The summed E-state index contributed by atoms with van der Waals surface area (Å²) in [6.45, 7) is 1.75. The van der Waals surface area contributed by atoms with Gasteiger partial charge in [0.1, 0.15) is 0 Å². The molecule has 1 unspecified atom stereocenters. The summed E-state index contributed by atoms with van der Waals surface area (Å²) >= 11 is 0. The van der Waals surface area contributed by atoms with Gasteiger partial charge in [0.2, 0.25) is 10.9 Å². The molecule has 27 heavy (non-hydrogen) atoms. The van der Waals surface area contributed by atoms with Crippen molar-refractivity contribution < 1.29 is 32.3 Å². The molecular weight excluding hydrogens is 374 g/mol. The number of benzene rings is 1. The Morgan fingerprint density at radius 2 is 1.89 bits per heavy atom. The molecule has 2 aromatic rings. The molecule has 0 radical (unpaired) electrons. The molecule has 1 aromatic heterocycles. The van der Waals surface area contributed by atoms with Crippen molar-refractivity contribution in [3.8, 4) is 0 Å². The van der Waals surface area contributed by atoms with Gasteiger partial charge < -0.3 is 14.3 Å².